The molecule has 0 amide bonds. The predicted molar refractivity (Wildman–Crippen MR) is 166 cm³/mol. The van der Waals surface area contributed by atoms with Gasteiger partial charge in [-0.05, 0) is 30.8 Å². The number of thioether (sulfide) groups is 2. The zero-order valence-electron chi connectivity index (χ0n) is 23.3. The minimum atomic E-state index is 0.228. The molecule has 0 fully saturated rings. The summed E-state index contributed by atoms with van der Waals surface area (Å²) in [7, 11) is 0. The molecule has 0 aliphatic heterocycles. The molecule has 1 heterocycles. The molecular weight excluding hydrogens is 583 g/mol. The van der Waals surface area contributed by atoms with Gasteiger partial charge in [-0.1, -0.05) is 13.3 Å². The van der Waals surface area contributed by atoms with E-state index >= 15 is 0 Å². The molecule has 14 heteroatoms. The summed E-state index contributed by atoms with van der Waals surface area (Å²) in [5, 5.41) is 0. The number of nitrogens with zero attached hydrogens (tertiary/aromatic N) is 3. The molecule has 0 N–H and O–H groups in total. The fraction of sp³-hybridized carbons (Fsp3) is 0.880. The van der Waals surface area contributed by atoms with Crippen molar-refractivity contribution in [1.82, 2.24) is 15.0 Å². The van der Waals surface area contributed by atoms with Gasteiger partial charge in [-0.3, -0.25) is 0 Å². The molecule has 0 unspecified atom stereocenters. The van der Waals surface area contributed by atoms with Crippen molar-refractivity contribution in [3.63, 3.8) is 0 Å². The van der Waals surface area contributed by atoms with Crippen molar-refractivity contribution in [1.29, 1.82) is 0 Å². The zero-order valence-corrected chi connectivity index (χ0v) is 26.7. The molecule has 0 bridgehead atoms. The first-order valence-corrected chi connectivity index (χ1v) is 17.2. The van der Waals surface area contributed by atoms with Gasteiger partial charge < -0.3 is 33.2 Å². The van der Waals surface area contributed by atoms with E-state index in [4.69, 9.17) is 33.2 Å². The molecule has 0 aliphatic rings. The summed E-state index contributed by atoms with van der Waals surface area (Å²) in [6.45, 7) is 8.85. The van der Waals surface area contributed by atoms with Crippen LogP contribution in [0.5, 0.6) is 18.0 Å². The Balaban J connectivity index is 2.21. The molecule has 0 spiro atoms. The number of hydrogen-bond donors (Lipinski definition) is 2. The lowest BCUT2D eigenvalue weighted by Gasteiger charge is -2.10. The van der Waals surface area contributed by atoms with Gasteiger partial charge in [0.25, 0.3) is 0 Å². The molecule has 0 aliphatic carbocycles. The highest BCUT2D eigenvalue weighted by molar-refractivity contribution is 7.99. The molecule has 0 radical (unpaired) electrons. The number of hydrogen-bond acceptors (Lipinski definition) is 14. The minimum Gasteiger partial charge on any atom is -0.463 e. The highest BCUT2D eigenvalue weighted by Crippen LogP contribution is 2.16. The lowest BCUT2D eigenvalue weighted by molar-refractivity contribution is 0.0606. The predicted octanol–water partition coefficient (Wildman–Crippen LogP) is 3.98. The molecule has 0 atom stereocenters. The maximum Gasteiger partial charge on any atom is 0.325 e. The summed E-state index contributed by atoms with van der Waals surface area (Å²) in [6.07, 6.45) is 3.68. The molecule has 39 heavy (non-hydrogen) atoms. The Morgan fingerprint density at radius 2 is 0.872 bits per heavy atom. The van der Waals surface area contributed by atoms with Crippen LogP contribution >= 0.6 is 48.8 Å². The van der Waals surface area contributed by atoms with Gasteiger partial charge >= 0.3 is 18.0 Å². The van der Waals surface area contributed by atoms with E-state index in [0.717, 1.165) is 60.2 Å². The maximum atomic E-state index is 5.77. The Bertz CT molecular complexity index is 626. The first-order chi connectivity index (χ1) is 19.3. The molecule has 0 saturated carbocycles. The van der Waals surface area contributed by atoms with Crippen LogP contribution in [0.15, 0.2) is 0 Å². The topological polar surface area (TPSA) is 103 Å². The molecule has 1 aromatic heterocycles. The van der Waals surface area contributed by atoms with Crippen LogP contribution < -0.4 is 14.2 Å². The Morgan fingerprint density at radius 3 is 1.26 bits per heavy atom. The second-order valence-corrected chi connectivity index (χ2v) is 11.3. The molecule has 0 saturated heterocycles. The average Bonchev–Trinajstić information content (AvgIpc) is 2.94. The van der Waals surface area contributed by atoms with Crippen LogP contribution in [0, 0.1) is 0 Å². The summed E-state index contributed by atoms with van der Waals surface area (Å²) in [6, 6.07) is 0.690. The minimum absolute atomic E-state index is 0.228. The maximum absolute atomic E-state index is 5.77. The van der Waals surface area contributed by atoms with Gasteiger partial charge in [-0.2, -0.15) is 48.8 Å². The van der Waals surface area contributed by atoms with E-state index < -0.39 is 0 Å². The van der Waals surface area contributed by atoms with Crippen LogP contribution in [0.3, 0.4) is 0 Å². The average molecular weight is 630 g/mol. The number of rotatable bonds is 30. The molecule has 0 aromatic carbocycles. The van der Waals surface area contributed by atoms with E-state index in [9.17, 15) is 0 Å². The SMILES string of the molecule is CCCCOc1nc(OCCCSCCOCCOCCS)nc(OCCCSCCOCCOCCS)n1. The molecular formula is C25H47N3O7S4. The van der Waals surface area contributed by atoms with Gasteiger partial charge in [-0.25, -0.2) is 0 Å². The van der Waals surface area contributed by atoms with Crippen LogP contribution in [-0.4, -0.2) is 122 Å². The zero-order chi connectivity index (χ0) is 28.1. The van der Waals surface area contributed by atoms with Gasteiger partial charge in [0.15, 0.2) is 0 Å². The third-order valence-corrected chi connectivity index (χ3v) is 7.02. The van der Waals surface area contributed by atoms with Crippen molar-refractivity contribution in [2.24, 2.45) is 0 Å². The summed E-state index contributed by atoms with van der Waals surface area (Å²) in [4.78, 5) is 12.9. The number of unbranched alkanes of at least 4 members (excludes halogenated alkanes) is 1. The molecule has 1 rings (SSSR count). The Labute approximate surface area is 253 Å². The van der Waals surface area contributed by atoms with Crippen LogP contribution in [0.1, 0.15) is 32.6 Å². The van der Waals surface area contributed by atoms with E-state index in [0.29, 0.717) is 72.7 Å². The first-order valence-electron chi connectivity index (χ1n) is 13.6. The highest BCUT2D eigenvalue weighted by atomic mass is 32.2. The fourth-order valence-corrected chi connectivity index (χ4v) is 4.47. The van der Waals surface area contributed by atoms with Gasteiger partial charge in [0, 0.05) is 23.0 Å². The van der Waals surface area contributed by atoms with E-state index in [1.807, 2.05) is 23.5 Å². The van der Waals surface area contributed by atoms with Crippen molar-refractivity contribution in [3.8, 4) is 18.0 Å². The van der Waals surface area contributed by atoms with Crippen molar-refractivity contribution in [2.75, 3.05) is 107 Å². The second-order valence-electron chi connectivity index (χ2n) is 7.91. The monoisotopic (exact) mass is 629 g/mol. The van der Waals surface area contributed by atoms with Crippen molar-refractivity contribution >= 4 is 48.8 Å². The Kier molecular flexibility index (Phi) is 27.4. The van der Waals surface area contributed by atoms with Gasteiger partial charge in [0.2, 0.25) is 0 Å². The van der Waals surface area contributed by atoms with E-state index in [2.05, 4.69) is 47.1 Å². The van der Waals surface area contributed by atoms with Crippen molar-refractivity contribution < 1.29 is 33.2 Å². The van der Waals surface area contributed by atoms with Crippen molar-refractivity contribution in [3.05, 3.63) is 0 Å². The van der Waals surface area contributed by atoms with E-state index in [-0.39, 0.29) is 18.0 Å². The molecule has 1 aromatic rings. The van der Waals surface area contributed by atoms with Crippen molar-refractivity contribution in [2.45, 2.75) is 32.6 Å². The fourth-order valence-electron chi connectivity index (χ4n) is 2.68. The smallest absolute Gasteiger partial charge is 0.325 e. The lowest BCUT2D eigenvalue weighted by Crippen LogP contribution is -2.10. The normalized spacial score (nSPS) is 11.2. The van der Waals surface area contributed by atoms with Crippen LogP contribution in [-0.2, 0) is 18.9 Å². The largest absolute Gasteiger partial charge is 0.463 e. The van der Waals surface area contributed by atoms with E-state index in [1.54, 1.807) is 0 Å². The first kappa shape index (κ1) is 36.7. The third kappa shape index (κ3) is 24.0. The summed E-state index contributed by atoms with van der Waals surface area (Å²) < 4.78 is 38.9. The second kappa shape index (κ2) is 29.2. The quantitative estimate of drug-likeness (QED) is 0.0951. The summed E-state index contributed by atoms with van der Waals surface area (Å²) in [5.74, 6) is 5.25. The third-order valence-electron chi connectivity index (χ3n) is 4.59. The van der Waals surface area contributed by atoms with Crippen LogP contribution in [0.2, 0.25) is 0 Å². The van der Waals surface area contributed by atoms with Crippen LogP contribution in [0.4, 0.5) is 0 Å². The number of ether oxygens (including phenoxy) is 7. The summed E-state index contributed by atoms with van der Waals surface area (Å²) >= 11 is 11.8. The number of aromatic nitrogens is 3. The number of thiol groups is 2. The Hall–Kier alpha value is -0.350. The van der Waals surface area contributed by atoms with Gasteiger partial charge in [-0.15, -0.1) is 15.0 Å². The standard InChI is InChI=1S/C25H47N3O7S4/c1-2-3-6-33-23-26-24(34-7-4-19-38-21-15-31-11-9-29-13-17-36)28-25(27-23)35-8-5-20-39-22-16-32-12-10-30-14-18-37/h36-37H,2-22H2,1H3. The Morgan fingerprint density at radius 1 is 0.487 bits per heavy atom. The van der Waals surface area contributed by atoms with Gasteiger partial charge in [0.05, 0.1) is 72.7 Å². The van der Waals surface area contributed by atoms with Crippen LogP contribution in [0.25, 0.3) is 0 Å². The van der Waals surface area contributed by atoms with E-state index in [1.165, 1.54) is 0 Å². The summed E-state index contributed by atoms with van der Waals surface area (Å²) in [5.41, 5.74) is 0. The molecule has 228 valence electrons. The lowest BCUT2D eigenvalue weighted by atomic mass is 10.4. The highest BCUT2D eigenvalue weighted by Gasteiger charge is 2.10. The van der Waals surface area contributed by atoms with Gasteiger partial charge in [0.1, 0.15) is 0 Å². The molecule has 10 nitrogen and oxygen atoms in total.